The van der Waals surface area contributed by atoms with Crippen molar-refractivity contribution in [3.05, 3.63) is 40.8 Å². The Morgan fingerprint density at radius 2 is 2.37 bits per heavy atom. The Balaban J connectivity index is 1.55. The molecule has 0 spiro atoms. The van der Waals surface area contributed by atoms with Gasteiger partial charge < -0.3 is 5.11 Å². The number of thiophene rings is 1. The lowest BCUT2D eigenvalue weighted by molar-refractivity contribution is 0.0880. The molecule has 1 aliphatic rings. The Morgan fingerprint density at radius 1 is 1.47 bits per heavy atom. The third-order valence-electron chi connectivity index (χ3n) is 3.40. The molecule has 2 aromatic heterocycles. The van der Waals surface area contributed by atoms with Gasteiger partial charge in [-0.15, -0.1) is 11.3 Å². The molecule has 1 fully saturated rings. The van der Waals surface area contributed by atoms with Gasteiger partial charge in [0.2, 0.25) is 0 Å². The van der Waals surface area contributed by atoms with E-state index >= 15 is 0 Å². The van der Waals surface area contributed by atoms with E-state index in [9.17, 15) is 5.11 Å². The molecule has 0 radical (unpaired) electrons. The summed E-state index contributed by atoms with van der Waals surface area (Å²) in [6.45, 7) is 2.25. The number of nitrogens with zero attached hydrogens (tertiary/aromatic N) is 3. The van der Waals surface area contributed by atoms with Gasteiger partial charge in [-0.3, -0.25) is 9.58 Å². The van der Waals surface area contributed by atoms with Crippen molar-refractivity contribution >= 4 is 11.3 Å². The van der Waals surface area contributed by atoms with Gasteiger partial charge in [-0.25, -0.2) is 0 Å². The fraction of sp³-hybridized carbons (Fsp3) is 0.500. The molecule has 3 rings (SSSR count). The maximum absolute atomic E-state index is 10.2. The van der Waals surface area contributed by atoms with Crippen LogP contribution in [0.4, 0.5) is 0 Å². The van der Waals surface area contributed by atoms with E-state index in [1.807, 2.05) is 12.3 Å². The molecule has 4 nitrogen and oxygen atoms in total. The van der Waals surface area contributed by atoms with Gasteiger partial charge in [-0.2, -0.15) is 5.10 Å². The third kappa shape index (κ3) is 3.65. The number of hydrogen-bond donors (Lipinski definition) is 1. The Labute approximate surface area is 117 Å². The highest BCUT2D eigenvalue weighted by Gasteiger charge is 2.30. The lowest BCUT2D eigenvalue weighted by Crippen LogP contribution is -2.35. The third-order valence-corrected chi connectivity index (χ3v) is 4.27. The van der Waals surface area contributed by atoms with Crippen molar-refractivity contribution < 1.29 is 5.11 Å². The second kappa shape index (κ2) is 5.86. The topological polar surface area (TPSA) is 41.3 Å². The van der Waals surface area contributed by atoms with Gasteiger partial charge in [0.25, 0.3) is 0 Å². The molecular weight excluding hydrogens is 258 g/mol. The van der Waals surface area contributed by atoms with E-state index in [4.69, 9.17) is 0 Å². The molecule has 0 aliphatic heterocycles. The van der Waals surface area contributed by atoms with E-state index in [-0.39, 0.29) is 6.10 Å². The second-order valence-electron chi connectivity index (χ2n) is 5.12. The molecule has 19 heavy (non-hydrogen) atoms. The van der Waals surface area contributed by atoms with E-state index in [0.29, 0.717) is 12.6 Å². The highest BCUT2D eigenvalue weighted by Crippen LogP contribution is 2.29. The molecule has 0 aromatic carbocycles. The largest absolute Gasteiger partial charge is 0.390 e. The molecule has 5 heteroatoms. The summed E-state index contributed by atoms with van der Waals surface area (Å²) in [5, 5.41) is 16.4. The summed E-state index contributed by atoms with van der Waals surface area (Å²) in [7, 11) is 0. The average molecular weight is 277 g/mol. The summed E-state index contributed by atoms with van der Waals surface area (Å²) in [5.41, 5.74) is 0. The predicted octanol–water partition coefficient (Wildman–Crippen LogP) is 1.97. The van der Waals surface area contributed by atoms with Gasteiger partial charge in [-0.1, -0.05) is 6.07 Å². The highest BCUT2D eigenvalue weighted by atomic mass is 32.1. The molecular formula is C14H19N3OS. The zero-order valence-corrected chi connectivity index (χ0v) is 11.7. The van der Waals surface area contributed by atoms with Crippen molar-refractivity contribution in [3.8, 4) is 0 Å². The van der Waals surface area contributed by atoms with Gasteiger partial charge in [0.05, 0.1) is 12.6 Å². The first-order valence-electron chi connectivity index (χ1n) is 6.73. The molecule has 102 valence electrons. The summed E-state index contributed by atoms with van der Waals surface area (Å²) in [5.74, 6) is 0. The summed E-state index contributed by atoms with van der Waals surface area (Å²) in [4.78, 5) is 3.78. The number of aromatic nitrogens is 2. The molecule has 1 atom stereocenters. The van der Waals surface area contributed by atoms with Crippen LogP contribution >= 0.6 is 11.3 Å². The number of rotatable bonds is 7. The zero-order chi connectivity index (χ0) is 13.1. The summed E-state index contributed by atoms with van der Waals surface area (Å²) in [6.07, 6.45) is 5.81. The molecule has 2 heterocycles. The molecule has 2 aromatic rings. The minimum absolute atomic E-state index is 0.361. The fourth-order valence-electron chi connectivity index (χ4n) is 2.34. The van der Waals surface area contributed by atoms with Gasteiger partial charge in [-0.05, 0) is 30.4 Å². The van der Waals surface area contributed by atoms with E-state index in [0.717, 1.165) is 13.1 Å². The van der Waals surface area contributed by atoms with Gasteiger partial charge >= 0.3 is 0 Å². The lowest BCUT2D eigenvalue weighted by Gasteiger charge is -2.24. The van der Waals surface area contributed by atoms with Crippen molar-refractivity contribution in [1.29, 1.82) is 0 Å². The SMILES string of the molecule is O[C@H](CN(Cc1cccs1)C1CC1)Cn1cccn1. The lowest BCUT2D eigenvalue weighted by atomic mass is 10.3. The predicted molar refractivity (Wildman–Crippen MR) is 76.0 cm³/mol. The number of aliphatic hydroxyl groups excluding tert-OH is 1. The minimum Gasteiger partial charge on any atom is -0.390 e. The molecule has 0 unspecified atom stereocenters. The Hall–Kier alpha value is -1.17. The first-order valence-corrected chi connectivity index (χ1v) is 7.61. The fourth-order valence-corrected chi connectivity index (χ4v) is 3.07. The minimum atomic E-state index is -0.361. The molecule has 1 N–H and O–H groups in total. The number of aliphatic hydroxyl groups is 1. The summed E-state index contributed by atoms with van der Waals surface area (Å²) < 4.78 is 1.79. The maximum atomic E-state index is 10.2. The van der Waals surface area contributed by atoms with Crippen LogP contribution in [-0.2, 0) is 13.1 Å². The molecule has 1 saturated carbocycles. The maximum Gasteiger partial charge on any atom is 0.0862 e. The van der Waals surface area contributed by atoms with Crippen molar-refractivity contribution in [1.82, 2.24) is 14.7 Å². The van der Waals surface area contributed by atoms with E-state index < -0.39 is 0 Å². The normalized spacial score (nSPS) is 16.9. The van der Waals surface area contributed by atoms with Gasteiger partial charge in [0.15, 0.2) is 0 Å². The molecule has 0 bridgehead atoms. The Morgan fingerprint density at radius 3 is 3.00 bits per heavy atom. The quantitative estimate of drug-likeness (QED) is 0.841. The van der Waals surface area contributed by atoms with Gasteiger partial charge in [0.1, 0.15) is 0 Å². The van der Waals surface area contributed by atoms with Crippen LogP contribution in [-0.4, -0.2) is 38.5 Å². The van der Waals surface area contributed by atoms with Crippen molar-refractivity contribution in [2.75, 3.05) is 6.54 Å². The number of hydrogen-bond acceptors (Lipinski definition) is 4. The molecule has 0 saturated heterocycles. The van der Waals surface area contributed by atoms with Crippen molar-refractivity contribution in [2.45, 2.75) is 38.1 Å². The van der Waals surface area contributed by atoms with Crippen LogP contribution in [0.3, 0.4) is 0 Å². The second-order valence-corrected chi connectivity index (χ2v) is 6.15. The Bertz CT molecular complexity index is 479. The zero-order valence-electron chi connectivity index (χ0n) is 10.9. The van der Waals surface area contributed by atoms with Crippen LogP contribution in [0.1, 0.15) is 17.7 Å². The first kappa shape index (κ1) is 12.8. The molecule has 1 aliphatic carbocycles. The van der Waals surface area contributed by atoms with Gasteiger partial charge in [0, 0.05) is 36.4 Å². The molecule has 0 amide bonds. The standard InChI is InChI=1S/C14H19N3OS/c18-13(10-17-7-2-6-15-17)9-16(12-4-5-12)11-14-3-1-8-19-14/h1-3,6-8,12-13,18H,4-5,9-11H2/t13-/m1/s1. The van der Waals surface area contributed by atoms with E-state index in [2.05, 4.69) is 27.5 Å². The van der Waals surface area contributed by atoms with Crippen LogP contribution in [0, 0.1) is 0 Å². The van der Waals surface area contributed by atoms with Crippen LogP contribution in [0.2, 0.25) is 0 Å². The van der Waals surface area contributed by atoms with E-state index in [1.165, 1.54) is 17.7 Å². The van der Waals surface area contributed by atoms with E-state index in [1.54, 1.807) is 22.2 Å². The van der Waals surface area contributed by atoms with Crippen LogP contribution in [0.25, 0.3) is 0 Å². The Kier molecular flexibility index (Phi) is 3.96. The van der Waals surface area contributed by atoms with Crippen LogP contribution in [0.5, 0.6) is 0 Å². The summed E-state index contributed by atoms with van der Waals surface area (Å²) >= 11 is 1.79. The monoisotopic (exact) mass is 277 g/mol. The smallest absolute Gasteiger partial charge is 0.0862 e. The van der Waals surface area contributed by atoms with Crippen molar-refractivity contribution in [2.24, 2.45) is 0 Å². The first-order chi connectivity index (χ1) is 9.31. The van der Waals surface area contributed by atoms with Crippen LogP contribution in [0.15, 0.2) is 36.0 Å². The van der Waals surface area contributed by atoms with Crippen molar-refractivity contribution in [3.63, 3.8) is 0 Å². The van der Waals surface area contributed by atoms with Crippen LogP contribution < -0.4 is 0 Å². The summed E-state index contributed by atoms with van der Waals surface area (Å²) in [6, 6.07) is 6.80. The average Bonchev–Trinajstić information content (AvgIpc) is 2.87. The highest BCUT2D eigenvalue weighted by molar-refractivity contribution is 7.09.